The van der Waals surface area contributed by atoms with E-state index in [1.165, 1.54) is 11.5 Å². The molecule has 0 saturated heterocycles. The third kappa shape index (κ3) is 2.50. The zero-order chi connectivity index (χ0) is 10.7. The number of anilines is 1. The summed E-state index contributed by atoms with van der Waals surface area (Å²) in [5.74, 6) is 0.822. The molecule has 2 rings (SSSR count). The molecule has 0 unspecified atom stereocenters. The van der Waals surface area contributed by atoms with Crippen LogP contribution >= 0.6 is 11.5 Å². The van der Waals surface area contributed by atoms with Gasteiger partial charge >= 0.3 is 0 Å². The van der Waals surface area contributed by atoms with E-state index < -0.39 is 0 Å². The molecule has 78 valence electrons. The lowest BCUT2D eigenvalue weighted by atomic mass is 10.3. The van der Waals surface area contributed by atoms with Crippen molar-refractivity contribution in [2.75, 3.05) is 11.9 Å². The molecule has 0 aliphatic rings. The summed E-state index contributed by atoms with van der Waals surface area (Å²) in [5, 5.41) is 0.929. The molecular formula is C10H12N4S. The van der Waals surface area contributed by atoms with Gasteiger partial charge in [0.05, 0.1) is 12.2 Å². The van der Waals surface area contributed by atoms with E-state index in [1.807, 2.05) is 37.1 Å². The van der Waals surface area contributed by atoms with Crippen LogP contribution in [0.25, 0.3) is 0 Å². The zero-order valence-electron chi connectivity index (χ0n) is 8.71. The first kappa shape index (κ1) is 10.0. The summed E-state index contributed by atoms with van der Waals surface area (Å²) in [4.78, 5) is 10.6. The van der Waals surface area contributed by atoms with E-state index in [4.69, 9.17) is 0 Å². The second kappa shape index (κ2) is 4.35. The highest BCUT2D eigenvalue weighted by atomic mass is 32.1. The third-order valence-corrected chi connectivity index (χ3v) is 2.89. The SMILES string of the molecule is Cc1nsc(N(C)Cc2ccccn2)n1. The number of pyridine rings is 1. The maximum absolute atomic E-state index is 4.31. The monoisotopic (exact) mass is 220 g/mol. The highest BCUT2D eigenvalue weighted by Crippen LogP contribution is 2.16. The van der Waals surface area contributed by atoms with E-state index in [0.717, 1.165) is 23.2 Å². The lowest BCUT2D eigenvalue weighted by molar-refractivity contribution is 0.875. The van der Waals surface area contributed by atoms with Gasteiger partial charge in [0.15, 0.2) is 0 Å². The lowest BCUT2D eigenvalue weighted by Crippen LogP contribution is -2.16. The van der Waals surface area contributed by atoms with Crippen LogP contribution in [0.4, 0.5) is 5.13 Å². The Morgan fingerprint density at radius 3 is 2.87 bits per heavy atom. The molecule has 0 aliphatic heterocycles. The van der Waals surface area contributed by atoms with Crippen molar-refractivity contribution in [3.8, 4) is 0 Å². The van der Waals surface area contributed by atoms with E-state index in [2.05, 4.69) is 14.3 Å². The van der Waals surface area contributed by atoms with Crippen molar-refractivity contribution < 1.29 is 0 Å². The van der Waals surface area contributed by atoms with E-state index in [0.29, 0.717) is 0 Å². The molecule has 0 spiro atoms. The molecular weight excluding hydrogens is 208 g/mol. The topological polar surface area (TPSA) is 41.9 Å². The van der Waals surface area contributed by atoms with Gasteiger partial charge in [0.2, 0.25) is 5.13 Å². The van der Waals surface area contributed by atoms with Crippen LogP contribution in [0.5, 0.6) is 0 Å². The average Bonchev–Trinajstić information content (AvgIpc) is 2.66. The van der Waals surface area contributed by atoms with Crippen molar-refractivity contribution in [3.05, 3.63) is 35.9 Å². The number of nitrogens with zero attached hydrogens (tertiary/aromatic N) is 4. The Hall–Kier alpha value is -1.49. The summed E-state index contributed by atoms with van der Waals surface area (Å²) < 4.78 is 4.15. The van der Waals surface area contributed by atoms with E-state index in [-0.39, 0.29) is 0 Å². The highest BCUT2D eigenvalue weighted by molar-refractivity contribution is 7.09. The molecule has 0 radical (unpaired) electrons. The summed E-state index contributed by atoms with van der Waals surface area (Å²) in [5.41, 5.74) is 1.04. The standard InChI is InChI=1S/C10H12N4S/c1-8-12-10(15-13-8)14(2)7-9-5-3-4-6-11-9/h3-6H,7H2,1-2H3. The van der Waals surface area contributed by atoms with Crippen LogP contribution in [-0.4, -0.2) is 21.4 Å². The predicted octanol–water partition coefficient (Wildman–Crippen LogP) is 1.88. The number of hydrogen-bond acceptors (Lipinski definition) is 5. The van der Waals surface area contributed by atoms with Crippen LogP contribution in [0.3, 0.4) is 0 Å². The largest absolute Gasteiger partial charge is 0.344 e. The quantitative estimate of drug-likeness (QED) is 0.792. The maximum Gasteiger partial charge on any atom is 0.205 e. The number of aromatic nitrogens is 3. The summed E-state index contributed by atoms with van der Waals surface area (Å²) in [7, 11) is 1.99. The predicted molar refractivity (Wildman–Crippen MR) is 61.0 cm³/mol. The van der Waals surface area contributed by atoms with Gasteiger partial charge in [-0.15, -0.1) is 0 Å². The molecule has 0 saturated carbocycles. The minimum atomic E-state index is 0.759. The summed E-state index contributed by atoms with van der Waals surface area (Å²) in [6.45, 7) is 2.66. The van der Waals surface area contributed by atoms with E-state index >= 15 is 0 Å². The van der Waals surface area contributed by atoms with Gasteiger partial charge < -0.3 is 4.90 Å². The molecule has 0 fully saturated rings. The van der Waals surface area contributed by atoms with Crippen LogP contribution < -0.4 is 4.90 Å². The van der Waals surface area contributed by atoms with Crippen molar-refractivity contribution >= 4 is 16.7 Å². The molecule has 5 heteroatoms. The van der Waals surface area contributed by atoms with Gasteiger partial charge in [-0.25, -0.2) is 4.98 Å². The van der Waals surface area contributed by atoms with Crippen molar-refractivity contribution in [3.63, 3.8) is 0 Å². The number of hydrogen-bond donors (Lipinski definition) is 0. The van der Waals surface area contributed by atoms with Gasteiger partial charge in [0, 0.05) is 24.8 Å². The lowest BCUT2D eigenvalue weighted by Gasteiger charge is -2.13. The van der Waals surface area contributed by atoms with Gasteiger partial charge in [-0.3, -0.25) is 4.98 Å². The maximum atomic E-state index is 4.31. The molecule has 0 aromatic carbocycles. The molecule has 2 aromatic rings. The van der Waals surface area contributed by atoms with Gasteiger partial charge in [0.1, 0.15) is 5.82 Å². The fourth-order valence-electron chi connectivity index (χ4n) is 1.24. The first-order chi connectivity index (χ1) is 7.25. The Balaban J connectivity index is 2.07. The first-order valence-electron chi connectivity index (χ1n) is 4.67. The number of aryl methyl sites for hydroxylation is 1. The molecule has 0 amide bonds. The summed E-state index contributed by atoms with van der Waals surface area (Å²) >= 11 is 1.41. The Bertz CT molecular complexity index is 426. The minimum Gasteiger partial charge on any atom is -0.344 e. The normalized spacial score (nSPS) is 10.3. The second-order valence-corrected chi connectivity index (χ2v) is 4.03. The Kier molecular flexibility index (Phi) is 2.91. The van der Waals surface area contributed by atoms with Gasteiger partial charge in [-0.1, -0.05) is 6.07 Å². The fourth-order valence-corrected chi connectivity index (χ4v) is 1.87. The summed E-state index contributed by atoms with van der Waals surface area (Å²) in [6, 6.07) is 5.91. The molecule has 2 aromatic heterocycles. The van der Waals surface area contributed by atoms with Crippen LogP contribution in [0.2, 0.25) is 0 Å². The zero-order valence-corrected chi connectivity index (χ0v) is 9.53. The van der Waals surface area contributed by atoms with Crippen molar-refractivity contribution in [2.24, 2.45) is 0 Å². The Morgan fingerprint density at radius 2 is 2.27 bits per heavy atom. The van der Waals surface area contributed by atoms with Gasteiger partial charge in [0.25, 0.3) is 0 Å². The summed E-state index contributed by atoms with van der Waals surface area (Å²) in [6.07, 6.45) is 1.80. The molecule has 4 nitrogen and oxygen atoms in total. The first-order valence-corrected chi connectivity index (χ1v) is 5.44. The molecule has 2 heterocycles. The van der Waals surface area contributed by atoms with Crippen LogP contribution in [0, 0.1) is 6.92 Å². The highest BCUT2D eigenvalue weighted by Gasteiger charge is 2.07. The fraction of sp³-hybridized carbons (Fsp3) is 0.300. The molecule has 15 heavy (non-hydrogen) atoms. The molecule has 0 atom stereocenters. The molecule has 0 N–H and O–H groups in total. The van der Waals surface area contributed by atoms with Crippen LogP contribution in [0.1, 0.15) is 11.5 Å². The van der Waals surface area contributed by atoms with Gasteiger partial charge in [-0.2, -0.15) is 4.37 Å². The third-order valence-electron chi connectivity index (χ3n) is 1.97. The smallest absolute Gasteiger partial charge is 0.205 e. The van der Waals surface area contributed by atoms with Crippen molar-refractivity contribution in [1.29, 1.82) is 0 Å². The Morgan fingerprint density at radius 1 is 1.40 bits per heavy atom. The minimum absolute atomic E-state index is 0.759. The average molecular weight is 220 g/mol. The van der Waals surface area contributed by atoms with Crippen molar-refractivity contribution in [2.45, 2.75) is 13.5 Å². The van der Waals surface area contributed by atoms with E-state index in [1.54, 1.807) is 6.20 Å². The Labute approximate surface area is 92.8 Å². The van der Waals surface area contributed by atoms with E-state index in [9.17, 15) is 0 Å². The second-order valence-electron chi connectivity index (χ2n) is 3.30. The van der Waals surface area contributed by atoms with Crippen molar-refractivity contribution in [1.82, 2.24) is 14.3 Å². The van der Waals surface area contributed by atoms with Crippen LogP contribution in [-0.2, 0) is 6.54 Å². The van der Waals surface area contributed by atoms with Gasteiger partial charge in [-0.05, 0) is 19.1 Å². The molecule has 0 bridgehead atoms. The molecule has 0 aliphatic carbocycles. The van der Waals surface area contributed by atoms with Crippen LogP contribution in [0.15, 0.2) is 24.4 Å². The number of rotatable bonds is 3.